The third kappa shape index (κ3) is 8.46. The van der Waals surface area contributed by atoms with Crippen LogP contribution in [0.5, 0.6) is 0 Å². The van der Waals surface area contributed by atoms with E-state index in [1.807, 2.05) is 34.6 Å². The molecule has 0 bridgehead atoms. The van der Waals surface area contributed by atoms with Gasteiger partial charge in [0.15, 0.2) is 0 Å². The quantitative estimate of drug-likeness (QED) is 0.772. The van der Waals surface area contributed by atoms with Gasteiger partial charge in [0.05, 0.1) is 6.10 Å². The van der Waals surface area contributed by atoms with Crippen molar-refractivity contribution in [2.45, 2.75) is 47.1 Å². The number of nitrogens with zero attached hydrogens (tertiary/aromatic N) is 2. The van der Waals surface area contributed by atoms with E-state index in [1.54, 1.807) is 19.0 Å². The molecule has 112 valence electrons. The molecule has 0 aromatic rings. The van der Waals surface area contributed by atoms with E-state index in [0.717, 1.165) is 0 Å². The molecule has 0 rings (SSSR count). The zero-order valence-electron chi connectivity index (χ0n) is 13.3. The van der Waals surface area contributed by atoms with Crippen molar-refractivity contribution in [2.24, 2.45) is 5.41 Å². The first-order valence-electron chi connectivity index (χ1n) is 6.68. The number of carbonyl (C=O) groups is 2. The van der Waals surface area contributed by atoms with Crippen molar-refractivity contribution >= 4 is 12.0 Å². The van der Waals surface area contributed by atoms with Gasteiger partial charge < -0.3 is 14.5 Å². The summed E-state index contributed by atoms with van der Waals surface area (Å²) in [5.41, 5.74) is -0.0200. The van der Waals surface area contributed by atoms with E-state index in [2.05, 4.69) is 0 Å². The minimum atomic E-state index is -0.355. The predicted octanol–water partition coefficient (Wildman–Crippen LogP) is 2.36. The van der Waals surface area contributed by atoms with Gasteiger partial charge in [-0.3, -0.25) is 4.79 Å². The Morgan fingerprint density at radius 2 is 1.53 bits per heavy atom. The van der Waals surface area contributed by atoms with Gasteiger partial charge in [-0.25, -0.2) is 4.79 Å². The van der Waals surface area contributed by atoms with Crippen LogP contribution in [0.4, 0.5) is 4.79 Å². The van der Waals surface area contributed by atoms with E-state index in [1.165, 1.54) is 4.90 Å². The monoisotopic (exact) mass is 272 g/mol. The molecule has 2 amide bonds. The van der Waals surface area contributed by atoms with Gasteiger partial charge in [-0.1, -0.05) is 20.8 Å². The van der Waals surface area contributed by atoms with Gasteiger partial charge in [0.1, 0.15) is 0 Å². The predicted molar refractivity (Wildman–Crippen MR) is 76.0 cm³/mol. The highest BCUT2D eigenvalue weighted by molar-refractivity contribution is 5.76. The normalized spacial score (nSPS) is 11.4. The number of likely N-dealkylation sites (N-methyl/N-ethyl adjacent to an activating group) is 2. The van der Waals surface area contributed by atoms with E-state index in [4.69, 9.17) is 4.74 Å². The summed E-state index contributed by atoms with van der Waals surface area (Å²) in [7, 11) is 3.43. The molecule has 0 fully saturated rings. The fourth-order valence-corrected chi connectivity index (χ4v) is 1.40. The van der Waals surface area contributed by atoms with E-state index in [-0.39, 0.29) is 23.5 Å². The molecule has 0 aliphatic carbocycles. The molecule has 0 radical (unpaired) electrons. The largest absolute Gasteiger partial charge is 0.447 e. The third-order valence-electron chi connectivity index (χ3n) is 2.53. The Balaban J connectivity index is 4.12. The minimum Gasteiger partial charge on any atom is -0.447 e. The van der Waals surface area contributed by atoms with Crippen LogP contribution >= 0.6 is 0 Å². The van der Waals surface area contributed by atoms with Gasteiger partial charge >= 0.3 is 6.09 Å². The average molecular weight is 272 g/mol. The highest BCUT2D eigenvalue weighted by Gasteiger charge is 2.19. The molecule has 0 saturated carbocycles. The highest BCUT2D eigenvalue weighted by atomic mass is 16.6. The number of ether oxygens (including phenoxy) is 1. The topological polar surface area (TPSA) is 49.9 Å². The van der Waals surface area contributed by atoms with Crippen molar-refractivity contribution in [1.29, 1.82) is 0 Å². The van der Waals surface area contributed by atoms with Gasteiger partial charge in [-0.05, 0) is 19.3 Å². The second kappa shape index (κ2) is 7.36. The molecule has 19 heavy (non-hydrogen) atoms. The first-order chi connectivity index (χ1) is 8.53. The zero-order valence-corrected chi connectivity index (χ0v) is 13.3. The summed E-state index contributed by atoms with van der Waals surface area (Å²) in [4.78, 5) is 26.6. The summed E-state index contributed by atoms with van der Waals surface area (Å²) in [6.07, 6.45) is 0.0192. The Hall–Kier alpha value is -1.26. The Labute approximate surface area is 116 Å². The van der Waals surface area contributed by atoms with Gasteiger partial charge in [0.2, 0.25) is 5.91 Å². The molecule has 0 aliphatic heterocycles. The average Bonchev–Trinajstić information content (AvgIpc) is 2.21. The lowest BCUT2D eigenvalue weighted by Crippen LogP contribution is -2.39. The standard InChI is InChI=1S/C14H28N2O3/c1-11(2)19-13(18)16(7)9-8-15(6)12(17)10-14(3,4)5/h11H,8-10H2,1-7H3. The zero-order chi connectivity index (χ0) is 15.2. The number of carbonyl (C=O) groups excluding carboxylic acids is 2. The minimum absolute atomic E-state index is 0.0200. The lowest BCUT2D eigenvalue weighted by molar-refractivity contribution is -0.131. The number of amides is 2. The highest BCUT2D eigenvalue weighted by Crippen LogP contribution is 2.19. The van der Waals surface area contributed by atoms with Gasteiger partial charge in [0, 0.05) is 33.6 Å². The Bertz CT molecular complexity index is 308. The fourth-order valence-electron chi connectivity index (χ4n) is 1.40. The molecule has 0 atom stereocenters. The molecule has 0 saturated heterocycles. The van der Waals surface area contributed by atoms with Crippen molar-refractivity contribution in [3.8, 4) is 0 Å². The molecule has 0 N–H and O–H groups in total. The molecule has 5 nitrogen and oxygen atoms in total. The van der Waals surface area contributed by atoms with Crippen molar-refractivity contribution in [3.05, 3.63) is 0 Å². The van der Waals surface area contributed by atoms with Crippen LogP contribution in [-0.4, -0.2) is 55.1 Å². The lowest BCUT2D eigenvalue weighted by atomic mass is 9.92. The van der Waals surface area contributed by atoms with Crippen molar-refractivity contribution in [1.82, 2.24) is 9.80 Å². The smallest absolute Gasteiger partial charge is 0.409 e. The molecule has 0 aliphatic rings. The fraction of sp³-hybridized carbons (Fsp3) is 0.857. The number of hydrogen-bond acceptors (Lipinski definition) is 3. The summed E-state index contributed by atoms with van der Waals surface area (Å²) in [6, 6.07) is 0. The van der Waals surface area contributed by atoms with Gasteiger partial charge in [0.25, 0.3) is 0 Å². The molecule has 0 aromatic heterocycles. The molecule has 0 unspecified atom stereocenters. The van der Waals surface area contributed by atoms with Crippen LogP contribution in [0.3, 0.4) is 0 Å². The molecular weight excluding hydrogens is 244 g/mol. The molecular formula is C14H28N2O3. The molecule has 0 aromatic carbocycles. The van der Waals surface area contributed by atoms with Crippen molar-refractivity contribution in [3.63, 3.8) is 0 Å². The summed E-state index contributed by atoms with van der Waals surface area (Å²) in [6.45, 7) is 10.7. The summed E-state index contributed by atoms with van der Waals surface area (Å²) >= 11 is 0. The van der Waals surface area contributed by atoms with Gasteiger partial charge in [-0.15, -0.1) is 0 Å². The van der Waals surface area contributed by atoms with Crippen LogP contribution in [0, 0.1) is 5.41 Å². The Kier molecular flexibility index (Phi) is 6.87. The van der Waals surface area contributed by atoms with Crippen LogP contribution in [0.1, 0.15) is 41.0 Å². The summed E-state index contributed by atoms with van der Waals surface area (Å²) in [5.74, 6) is 0.0955. The van der Waals surface area contributed by atoms with E-state index in [9.17, 15) is 9.59 Å². The number of rotatable bonds is 5. The lowest BCUT2D eigenvalue weighted by Gasteiger charge is -2.25. The van der Waals surface area contributed by atoms with E-state index >= 15 is 0 Å². The van der Waals surface area contributed by atoms with Gasteiger partial charge in [-0.2, -0.15) is 0 Å². The van der Waals surface area contributed by atoms with Crippen LogP contribution < -0.4 is 0 Å². The molecule has 0 spiro atoms. The van der Waals surface area contributed by atoms with Crippen LogP contribution in [0.15, 0.2) is 0 Å². The maximum Gasteiger partial charge on any atom is 0.409 e. The van der Waals surface area contributed by atoms with E-state index in [0.29, 0.717) is 19.5 Å². The second-order valence-electron chi connectivity index (χ2n) is 6.41. The van der Waals surface area contributed by atoms with E-state index < -0.39 is 0 Å². The summed E-state index contributed by atoms with van der Waals surface area (Å²) < 4.78 is 5.07. The SMILES string of the molecule is CC(C)OC(=O)N(C)CCN(C)C(=O)CC(C)(C)C. The maximum atomic E-state index is 11.9. The third-order valence-corrected chi connectivity index (χ3v) is 2.53. The number of hydrogen-bond donors (Lipinski definition) is 0. The van der Waals surface area contributed by atoms with Crippen LogP contribution in [0.25, 0.3) is 0 Å². The van der Waals surface area contributed by atoms with Crippen LogP contribution in [-0.2, 0) is 9.53 Å². The summed E-state index contributed by atoms with van der Waals surface area (Å²) in [5, 5.41) is 0. The Morgan fingerprint density at radius 1 is 1.05 bits per heavy atom. The maximum absolute atomic E-state index is 11.9. The van der Waals surface area contributed by atoms with Crippen molar-refractivity contribution < 1.29 is 14.3 Å². The second-order valence-corrected chi connectivity index (χ2v) is 6.41. The first kappa shape index (κ1) is 17.7. The molecule has 5 heteroatoms. The van der Waals surface area contributed by atoms with Crippen molar-refractivity contribution in [2.75, 3.05) is 27.2 Å². The molecule has 0 heterocycles. The first-order valence-corrected chi connectivity index (χ1v) is 6.68. The Morgan fingerprint density at radius 3 is 1.95 bits per heavy atom. The van der Waals surface area contributed by atoms with Crippen LogP contribution in [0.2, 0.25) is 0 Å².